The van der Waals surface area contributed by atoms with Gasteiger partial charge < -0.3 is 5.11 Å². The molecule has 0 bridgehead atoms. The lowest BCUT2D eigenvalue weighted by molar-refractivity contribution is 0.174. The molecule has 1 aromatic carbocycles. The highest BCUT2D eigenvalue weighted by atomic mass is 19.1. The van der Waals surface area contributed by atoms with Gasteiger partial charge in [0.15, 0.2) is 0 Å². The third-order valence-electron chi connectivity index (χ3n) is 2.90. The van der Waals surface area contributed by atoms with Gasteiger partial charge >= 0.3 is 0 Å². The summed E-state index contributed by atoms with van der Waals surface area (Å²) in [5.41, 5.74) is 1.32. The molecule has 94 valence electrons. The van der Waals surface area contributed by atoms with Gasteiger partial charge in [0.1, 0.15) is 11.6 Å². The Balaban J connectivity index is 2.27. The fourth-order valence-corrected chi connectivity index (χ4v) is 1.86. The molecule has 1 N–H and O–H groups in total. The molecule has 2 nitrogen and oxygen atoms in total. The lowest BCUT2D eigenvalue weighted by Crippen LogP contribution is -2.07. The molecule has 1 aromatic heterocycles. The molecule has 0 aliphatic heterocycles. The van der Waals surface area contributed by atoms with Crippen LogP contribution < -0.4 is 0 Å². The van der Waals surface area contributed by atoms with Crippen LogP contribution in [-0.2, 0) is 6.42 Å². The Morgan fingerprint density at radius 3 is 2.50 bits per heavy atom. The second kappa shape index (κ2) is 5.23. The summed E-state index contributed by atoms with van der Waals surface area (Å²) in [7, 11) is 0. The number of rotatable bonds is 3. The number of benzene rings is 1. The quantitative estimate of drug-likeness (QED) is 0.907. The fourth-order valence-electron chi connectivity index (χ4n) is 1.86. The molecule has 18 heavy (non-hydrogen) atoms. The first-order valence-corrected chi connectivity index (χ1v) is 5.61. The predicted octanol–water partition coefficient (Wildman–Crippen LogP) is 2.94. The van der Waals surface area contributed by atoms with E-state index in [0.29, 0.717) is 5.56 Å². The van der Waals surface area contributed by atoms with Gasteiger partial charge in [-0.05, 0) is 30.7 Å². The first-order valence-electron chi connectivity index (χ1n) is 5.61. The van der Waals surface area contributed by atoms with E-state index in [1.165, 1.54) is 24.4 Å². The number of pyridine rings is 1. The zero-order valence-corrected chi connectivity index (χ0v) is 9.90. The van der Waals surface area contributed by atoms with Gasteiger partial charge in [-0.3, -0.25) is 4.98 Å². The van der Waals surface area contributed by atoms with Crippen LogP contribution in [0.15, 0.2) is 36.7 Å². The van der Waals surface area contributed by atoms with E-state index in [2.05, 4.69) is 4.98 Å². The van der Waals surface area contributed by atoms with Gasteiger partial charge in [-0.1, -0.05) is 6.07 Å². The summed E-state index contributed by atoms with van der Waals surface area (Å²) < 4.78 is 26.9. The van der Waals surface area contributed by atoms with E-state index in [1.807, 2.05) is 6.92 Å². The Labute approximate surface area is 104 Å². The molecule has 0 saturated heterocycles. The minimum atomic E-state index is -0.968. The van der Waals surface area contributed by atoms with Crippen LogP contribution >= 0.6 is 0 Å². The van der Waals surface area contributed by atoms with E-state index in [-0.39, 0.29) is 12.0 Å². The maximum atomic E-state index is 13.5. The van der Waals surface area contributed by atoms with Crippen molar-refractivity contribution in [3.63, 3.8) is 0 Å². The third kappa shape index (κ3) is 2.54. The van der Waals surface area contributed by atoms with E-state index in [4.69, 9.17) is 0 Å². The monoisotopic (exact) mass is 249 g/mol. The summed E-state index contributed by atoms with van der Waals surface area (Å²) in [5.74, 6) is -1.29. The first kappa shape index (κ1) is 12.6. The van der Waals surface area contributed by atoms with E-state index >= 15 is 0 Å². The van der Waals surface area contributed by atoms with Crippen LogP contribution in [0, 0.1) is 18.6 Å². The van der Waals surface area contributed by atoms with Crippen LogP contribution in [-0.4, -0.2) is 10.1 Å². The number of nitrogens with zero attached hydrogens (tertiary/aromatic N) is 1. The molecular formula is C14H13F2NO. The second-order valence-corrected chi connectivity index (χ2v) is 4.15. The average Bonchev–Trinajstić information content (AvgIpc) is 2.34. The molecule has 4 heteroatoms. The lowest BCUT2D eigenvalue weighted by atomic mass is 9.99. The van der Waals surface area contributed by atoms with Crippen LogP contribution in [0.4, 0.5) is 8.78 Å². The molecule has 0 fully saturated rings. The summed E-state index contributed by atoms with van der Waals surface area (Å²) in [4.78, 5) is 3.91. The Morgan fingerprint density at radius 2 is 1.89 bits per heavy atom. The number of aromatic nitrogens is 1. The van der Waals surface area contributed by atoms with Crippen molar-refractivity contribution in [2.45, 2.75) is 19.4 Å². The van der Waals surface area contributed by atoms with E-state index in [0.717, 1.165) is 5.56 Å². The van der Waals surface area contributed by atoms with Crippen LogP contribution in [0.1, 0.15) is 22.8 Å². The predicted molar refractivity (Wildman–Crippen MR) is 64.0 cm³/mol. The average molecular weight is 249 g/mol. The molecule has 0 spiro atoms. The van der Waals surface area contributed by atoms with Gasteiger partial charge in [-0.25, -0.2) is 8.78 Å². The summed E-state index contributed by atoms with van der Waals surface area (Å²) in [6.45, 7) is 1.82. The zero-order valence-electron chi connectivity index (χ0n) is 9.90. The highest BCUT2D eigenvalue weighted by Crippen LogP contribution is 2.23. The molecular weight excluding hydrogens is 236 g/mol. The van der Waals surface area contributed by atoms with Crippen molar-refractivity contribution in [2.24, 2.45) is 0 Å². The van der Waals surface area contributed by atoms with Crippen molar-refractivity contribution >= 4 is 0 Å². The Hall–Kier alpha value is -1.81. The van der Waals surface area contributed by atoms with Crippen molar-refractivity contribution < 1.29 is 13.9 Å². The van der Waals surface area contributed by atoms with Gasteiger partial charge in [0.25, 0.3) is 0 Å². The second-order valence-electron chi connectivity index (χ2n) is 4.15. The van der Waals surface area contributed by atoms with Crippen LogP contribution in [0.5, 0.6) is 0 Å². The molecule has 0 radical (unpaired) electrons. The zero-order chi connectivity index (χ0) is 13.1. The highest BCUT2D eigenvalue weighted by molar-refractivity contribution is 5.27. The molecule has 0 aliphatic carbocycles. The number of hydrogen-bond acceptors (Lipinski definition) is 2. The van der Waals surface area contributed by atoms with Crippen molar-refractivity contribution in [2.75, 3.05) is 0 Å². The number of aliphatic hydroxyl groups is 1. The topological polar surface area (TPSA) is 33.1 Å². The molecule has 1 unspecified atom stereocenters. The number of aryl methyl sites for hydroxylation is 1. The largest absolute Gasteiger partial charge is 0.388 e. The third-order valence-corrected chi connectivity index (χ3v) is 2.90. The summed E-state index contributed by atoms with van der Waals surface area (Å²) in [6.07, 6.45) is 2.05. The van der Waals surface area contributed by atoms with Crippen LogP contribution in [0.3, 0.4) is 0 Å². The van der Waals surface area contributed by atoms with Gasteiger partial charge in [0, 0.05) is 29.9 Å². The summed E-state index contributed by atoms with van der Waals surface area (Å²) in [5, 5.41) is 10.0. The van der Waals surface area contributed by atoms with Crippen molar-refractivity contribution in [3.05, 3.63) is 65.0 Å². The smallest absolute Gasteiger partial charge is 0.129 e. The first-order chi connectivity index (χ1) is 8.59. The van der Waals surface area contributed by atoms with E-state index in [1.54, 1.807) is 12.3 Å². The number of hydrogen-bond donors (Lipinski definition) is 1. The van der Waals surface area contributed by atoms with Crippen LogP contribution in [0.25, 0.3) is 0 Å². The summed E-state index contributed by atoms with van der Waals surface area (Å²) in [6, 6.07) is 5.41. The maximum Gasteiger partial charge on any atom is 0.129 e. The molecule has 0 amide bonds. The minimum Gasteiger partial charge on any atom is -0.388 e. The van der Waals surface area contributed by atoms with Crippen LogP contribution in [0.2, 0.25) is 0 Å². The van der Waals surface area contributed by atoms with Crippen molar-refractivity contribution in [3.8, 4) is 0 Å². The fraction of sp³-hybridized carbons (Fsp3) is 0.214. The minimum absolute atomic E-state index is 0.103. The van der Waals surface area contributed by atoms with Crippen molar-refractivity contribution in [1.82, 2.24) is 4.98 Å². The van der Waals surface area contributed by atoms with Gasteiger partial charge in [-0.2, -0.15) is 0 Å². The molecule has 2 rings (SSSR count). The SMILES string of the molecule is Cc1ccncc1C(O)Cc1c(F)cccc1F. The normalized spacial score (nSPS) is 12.4. The maximum absolute atomic E-state index is 13.5. The van der Waals surface area contributed by atoms with Gasteiger partial charge in [0.05, 0.1) is 6.10 Å². The van der Waals surface area contributed by atoms with Gasteiger partial charge in [-0.15, -0.1) is 0 Å². The molecule has 1 atom stereocenters. The molecule has 2 aromatic rings. The highest BCUT2D eigenvalue weighted by Gasteiger charge is 2.16. The molecule has 0 aliphatic rings. The Morgan fingerprint density at radius 1 is 1.22 bits per heavy atom. The van der Waals surface area contributed by atoms with Crippen molar-refractivity contribution in [1.29, 1.82) is 0 Å². The summed E-state index contributed by atoms with van der Waals surface area (Å²) >= 11 is 0. The number of halogens is 2. The Bertz CT molecular complexity index is 537. The van der Waals surface area contributed by atoms with Gasteiger partial charge in [0.2, 0.25) is 0 Å². The standard InChI is InChI=1S/C14H13F2NO/c1-9-5-6-17-8-11(9)14(18)7-10-12(15)3-2-4-13(10)16/h2-6,8,14,18H,7H2,1H3. The number of aliphatic hydroxyl groups excluding tert-OH is 1. The van der Waals surface area contributed by atoms with E-state index in [9.17, 15) is 13.9 Å². The molecule has 1 heterocycles. The molecule has 0 saturated carbocycles. The lowest BCUT2D eigenvalue weighted by Gasteiger charge is -2.14. The van der Waals surface area contributed by atoms with E-state index < -0.39 is 17.7 Å². The Kier molecular flexibility index (Phi) is 3.67.